The molecule has 9 aromatic rings. The molecule has 2 heterocycles. The first-order valence-electron chi connectivity index (χ1n) is 15.3. The first kappa shape index (κ1) is 25.4. The van der Waals surface area contributed by atoms with Gasteiger partial charge < -0.3 is 4.57 Å². The number of aromatic nitrogens is 3. The van der Waals surface area contributed by atoms with Crippen LogP contribution >= 0.6 is 0 Å². The molecule has 0 saturated heterocycles. The predicted molar refractivity (Wildman–Crippen MR) is 188 cm³/mol. The molecule has 0 saturated carbocycles. The molecule has 0 bridgehead atoms. The second kappa shape index (κ2) is 10.3. The number of fused-ring (bicyclic) bond motifs is 6. The van der Waals surface area contributed by atoms with Crippen LogP contribution in [0.5, 0.6) is 0 Å². The third kappa shape index (κ3) is 4.21. The minimum absolute atomic E-state index is 0.727. The zero-order valence-electron chi connectivity index (χ0n) is 24.4. The second-order valence-corrected chi connectivity index (χ2v) is 11.4. The Morgan fingerprint density at radius 1 is 0.400 bits per heavy atom. The van der Waals surface area contributed by atoms with Gasteiger partial charge in [-0.1, -0.05) is 133 Å². The molecule has 9 rings (SSSR count). The van der Waals surface area contributed by atoms with Crippen molar-refractivity contribution < 1.29 is 0 Å². The van der Waals surface area contributed by atoms with Crippen LogP contribution in [0.1, 0.15) is 0 Å². The molecule has 210 valence electrons. The van der Waals surface area contributed by atoms with Crippen LogP contribution < -0.4 is 0 Å². The molecule has 0 amide bonds. The summed E-state index contributed by atoms with van der Waals surface area (Å²) in [5.74, 6) is 0.727. The minimum atomic E-state index is 0.727. The summed E-state index contributed by atoms with van der Waals surface area (Å²) in [4.78, 5) is 10.2. The molecule has 0 aliphatic rings. The molecule has 45 heavy (non-hydrogen) atoms. The van der Waals surface area contributed by atoms with E-state index in [-0.39, 0.29) is 0 Å². The molecular formula is C42H27N3. The lowest BCUT2D eigenvalue weighted by Gasteiger charge is -2.13. The fourth-order valence-corrected chi connectivity index (χ4v) is 6.66. The van der Waals surface area contributed by atoms with Crippen molar-refractivity contribution in [1.82, 2.24) is 14.5 Å². The van der Waals surface area contributed by atoms with Crippen LogP contribution in [0.4, 0.5) is 0 Å². The first-order valence-corrected chi connectivity index (χ1v) is 15.3. The lowest BCUT2D eigenvalue weighted by atomic mass is 10.0. The SMILES string of the molecule is c1ccc(-c2ccc3c4c5ccccc5ccc4n(-c4ccc5nc(-c6ccccc6)nc(-c6ccccc6)c5c4)c3c2)cc1. The highest BCUT2D eigenvalue weighted by atomic mass is 15.0. The van der Waals surface area contributed by atoms with E-state index in [9.17, 15) is 0 Å². The summed E-state index contributed by atoms with van der Waals surface area (Å²) in [6.07, 6.45) is 0. The zero-order valence-corrected chi connectivity index (χ0v) is 24.4. The van der Waals surface area contributed by atoms with Crippen LogP contribution in [0.25, 0.3) is 82.9 Å². The number of hydrogen-bond acceptors (Lipinski definition) is 2. The summed E-state index contributed by atoms with van der Waals surface area (Å²) >= 11 is 0. The minimum Gasteiger partial charge on any atom is -0.309 e. The van der Waals surface area contributed by atoms with Crippen LogP contribution in [-0.4, -0.2) is 14.5 Å². The Morgan fingerprint density at radius 3 is 1.87 bits per heavy atom. The van der Waals surface area contributed by atoms with Gasteiger partial charge in [0.15, 0.2) is 5.82 Å². The van der Waals surface area contributed by atoms with E-state index in [0.29, 0.717) is 0 Å². The predicted octanol–water partition coefficient (Wildman–Crippen LogP) is 10.9. The molecule has 0 unspecified atom stereocenters. The highest BCUT2D eigenvalue weighted by Crippen LogP contribution is 2.40. The van der Waals surface area contributed by atoms with Crippen molar-refractivity contribution >= 4 is 43.5 Å². The average molecular weight is 574 g/mol. The fourth-order valence-electron chi connectivity index (χ4n) is 6.66. The summed E-state index contributed by atoms with van der Waals surface area (Å²) in [6.45, 7) is 0. The van der Waals surface area contributed by atoms with Gasteiger partial charge >= 0.3 is 0 Å². The maximum atomic E-state index is 5.16. The Bertz CT molecular complexity index is 2510. The molecule has 0 aliphatic heterocycles. The van der Waals surface area contributed by atoms with Crippen molar-refractivity contribution in [3.8, 4) is 39.5 Å². The van der Waals surface area contributed by atoms with Crippen molar-refractivity contribution in [1.29, 1.82) is 0 Å². The lowest BCUT2D eigenvalue weighted by Crippen LogP contribution is -1.98. The van der Waals surface area contributed by atoms with Gasteiger partial charge in [-0.2, -0.15) is 0 Å². The summed E-state index contributed by atoms with van der Waals surface area (Å²) < 4.78 is 2.41. The zero-order chi connectivity index (χ0) is 29.7. The maximum absolute atomic E-state index is 5.16. The highest BCUT2D eigenvalue weighted by Gasteiger charge is 2.18. The lowest BCUT2D eigenvalue weighted by molar-refractivity contribution is 1.18. The Hall–Kier alpha value is -6.06. The molecule has 0 radical (unpaired) electrons. The highest BCUT2D eigenvalue weighted by molar-refractivity contribution is 6.21. The molecule has 2 aromatic heterocycles. The Kier molecular flexibility index (Phi) is 5.82. The van der Waals surface area contributed by atoms with Crippen molar-refractivity contribution in [3.63, 3.8) is 0 Å². The smallest absolute Gasteiger partial charge is 0.160 e. The van der Waals surface area contributed by atoms with Crippen molar-refractivity contribution in [2.45, 2.75) is 0 Å². The van der Waals surface area contributed by atoms with E-state index in [1.165, 1.54) is 43.7 Å². The van der Waals surface area contributed by atoms with Crippen molar-refractivity contribution in [2.75, 3.05) is 0 Å². The molecule has 0 N–H and O–H groups in total. The number of rotatable bonds is 4. The standard InChI is InChI=1S/C42H27N3/c1-4-12-28(13-5-1)32-20-23-35-39(26-32)45(38-25-21-29-14-10-11-19-34(29)40(35)38)33-22-24-37-36(27-33)41(30-15-6-2-7-16-30)44-42(43-37)31-17-8-3-9-18-31/h1-27H. The third-order valence-electron chi connectivity index (χ3n) is 8.78. The van der Waals surface area contributed by atoms with Gasteiger partial charge in [0, 0.05) is 33.0 Å². The summed E-state index contributed by atoms with van der Waals surface area (Å²) in [6, 6.07) is 57.9. The normalized spacial score (nSPS) is 11.6. The van der Waals surface area contributed by atoms with Gasteiger partial charge in [0.25, 0.3) is 0 Å². The van der Waals surface area contributed by atoms with Crippen molar-refractivity contribution in [3.05, 3.63) is 164 Å². The topological polar surface area (TPSA) is 30.7 Å². The van der Waals surface area contributed by atoms with Gasteiger partial charge in [-0.05, 0) is 52.2 Å². The summed E-state index contributed by atoms with van der Waals surface area (Å²) in [5.41, 5.74) is 9.74. The molecular weight excluding hydrogens is 546 g/mol. The van der Waals surface area contributed by atoms with Gasteiger partial charge in [0.1, 0.15) is 0 Å². The number of benzene rings is 7. The summed E-state index contributed by atoms with van der Waals surface area (Å²) in [5, 5.41) is 6.02. The van der Waals surface area contributed by atoms with Crippen LogP contribution in [0, 0.1) is 0 Å². The quantitative estimate of drug-likeness (QED) is 0.210. The van der Waals surface area contributed by atoms with E-state index in [0.717, 1.165) is 39.2 Å². The molecule has 3 nitrogen and oxygen atoms in total. The van der Waals surface area contributed by atoms with Crippen LogP contribution in [0.3, 0.4) is 0 Å². The fraction of sp³-hybridized carbons (Fsp3) is 0. The molecule has 7 aromatic carbocycles. The average Bonchev–Trinajstić information content (AvgIpc) is 3.46. The van der Waals surface area contributed by atoms with E-state index in [4.69, 9.17) is 9.97 Å². The van der Waals surface area contributed by atoms with E-state index < -0.39 is 0 Å². The Morgan fingerprint density at radius 2 is 1.09 bits per heavy atom. The second-order valence-electron chi connectivity index (χ2n) is 11.4. The molecule has 3 heteroatoms. The van der Waals surface area contributed by atoms with Gasteiger partial charge in [-0.15, -0.1) is 0 Å². The summed E-state index contributed by atoms with van der Waals surface area (Å²) in [7, 11) is 0. The first-order chi connectivity index (χ1) is 22.3. The molecule has 0 atom stereocenters. The van der Waals surface area contributed by atoms with Gasteiger partial charge in [-0.25, -0.2) is 9.97 Å². The molecule has 0 aliphatic carbocycles. The van der Waals surface area contributed by atoms with Crippen LogP contribution in [0.2, 0.25) is 0 Å². The maximum Gasteiger partial charge on any atom is 0.160 e. The van der Waals surface area contributed by atoms with Gasteiger partial charge in [0.2, 0.25) is 0 Å². The van der Waals surface area contributed by atoms with E-state index in [2.05, 4.69) is 144 Å². The Balaban J connectivity index is 1.36. The molecule has 0 spiro atoms. The van der Waals surface area contributed by atoms with Gasteiger partial charge in [-0.3, -0.25) is 0 Å². The van der Waals surface area contributed by atoms with Crippen LogP contribution in [0.15, 0.2) is 164 Å². The Labute approximate surface area is 260 Å². The third-order valence-corrected chi connectivity index (χ3v) is 8.78. The van der Waals surface area contributed by atoms with E-state index in [1.807, 2.05) is 24.3 Å². The van der Waals surface area contributed by atoms with Crippen LogP contribution in [-0.2, 0) is 0 Å². The number of nitrogens with zero attached hydrogens (tertiary/aromatic N) is 3. The largest absolute Gasteiger partial charge is 0.309 e. The number of hydrogen-bond donors (Lipinski definition) is 0. The van der Waals surface area contributed by atoms with E-state index >= 15 is 0 Å². The van der Waals surface area contributed by atoms with E-state index in [1.54, 1.807) is 0 Å². The monoisotopic (exact) mass is 573 g/mol. The van der Waals surface area contributed by atoms with Crippen molar-refractivity contribution in [2.24, 2.45) is 0 Å². The van der Waals surface area contributed by atoms with Gasteiger partial charge in [0.05, 0.1) is 22.2 Å². The molecule has 0 fully saturated rings.